The zero-order valence-electron chi connectivity index (χ0n) is 10.5. The molecule has 1 aromatic carbocycles. The lowest BCUT2D eigenvalue weighted by molar-refractivity contribution is -0.126. The normalized spacial score (nSPS) is 20.9. The van der Waals surface area contributed by atoms with Crippen LogP contribution in [0.2, 0.25) is 0 Å². The number of para-hydroxylation sites is 1. The number of nitrogens with one attached hydrogen (secondary N) is 2. The summed E-state index contributed by atoms with van der Waals surface area (Å²) in [7, 11) is 0. The zero-order chi connectivity index (χ0) is 12.8. The van der Waals surface area contributed by atoms with Crippen LogP contribution < -0.4 is 10.6 Å². The third-order valence-electron chi connectivity index (χ3n) is 3.83. The molecule has 0 bridgehead atoms. The van der Waals surface area contributed by atoms with E-state index in [-0.39, 0.29) is 11.7 Å². The summed E-state index contributed by atoms with van der Waals surface area (Å²) in [6.45, 7) is 7.49. The van der Waals surface area contributed by atoms with E-state index in [2.05, 4.69) is 10.6 Å². The molecule has 0 aliphatic carbocycles. The van der Waals surface area contributed by atoms with Gasteiger partial charge in [0, 0.05) is 5.54 Å². The van der Waals surface area contributed by atoms with Crippen LogP contribution in [-0.2, 0) is 4.79 Å². The van der Waals surface area contributed by atoms with E-state index in [1.165, 1.54) is 6.07 Å². The summed E-state index contributed by atoms with van der Waals surface area (Å²) in [5.41, 5.74) is -0.326. The van der Waals surface area contributed by atoms with Crippen molar-refractivity contribution in [2.75, 3.05) is 10.6 Å². The molecule has 1 amide bonds. The number of halogens is 1. The van der Waals surface area contributed by atoms with Crippen molar-refractivity contribution >= 4 is 17.3 Å². The fraction of sp³-hybridized carbons (Fsp3) is 0.462. The lowest BCUT2D eigenvalue weighted by Crippen LogP contribution is -2.51. The van der Waals surface area contributed by atoms with Gasteiger partial charge in [0.15, 0.2) is 0 Å². The van der Waals surface area contributed by atoms with Crippen molar-refractivity contribution in [3.8, 4) is 0 Å². The van der Waals surface area contributed by atoms with Crippen LogP contribution in [0, 0.1) is 11.2 Å². The summed E-state index contributed by atoms with van der Waals surface area (Å²) >= 11 is 0. The van der Waals surface area contributed by atoms with Crippen molar-refractivity contribution in [2.24, 2.45) is 5.41 Å². The number of hydrogen-bond donors (Lipinski definition) is 2. The Bertz CT molecular complexity index is 480. The first-order chi connectivity index (χ1) is 7.75. The van der Waals surface area contributed by atoms with Crippen molar-refractivity contribution in [1.82, 2.24) is 0 Å². The summed E-state index contributed by atoms with van der Waals surface area (Å²) in [6, 6.07) is 4.66. The monoisotopic (exact) mass is 236 g/mol. The molecule has 17 heavy (non-hydrogen) atoms. The topological polar surface area (TPSA) is 41.1 Å². The molecule has 3 nitrogen and oxygen atoms in total. The van der Waals surface area contributed by atoms with Crippen LogP contribution in [0.3, 0.4) is 0 Å². The van der Waals surface area contributed by atoms with Crippen LogP contribution in [0.25, 0.3) is 0 Å². The van der Waals surface area contributed by atoms with Gasteiger partial charge in [-0.15, -0.1) is 0 Å². The average Bonchev–Trinajstić information content (AvgIpc) is 2.27. The number of carbonyl (C=O) groups excluding carboxylic acids is 1. The van der Waals surface area contributed by atoms with E-state index in [1.54, 1.807) is 12.1 Å². The van der Waals surface area contributed by atoms with Crippen LogP contribution in [0.5, 0.6) is 0 Å². The molecule has 1 aliphatic rings. The Morgan fingerprint density at radius 3 is 2.47 bits per heavy atom. The summed E-state index contributed by atoms with van der Waals surface area (Å²) < 4.78 is 13.8. The predicted octanol–water partition coefficient (Wildman–Crippen LogP) is 2.99. The molecule has 0 fully saturated rings. The van der Waals surface area contributed by atoms with Gasteiger partial charge in [-0.3, -0.25) is 4.79 Å². The Hall–Kier alpha value is -1.58. The third-order valence-corrected chi connectivity index (χ3v) is 3.83. The second-order valence-electron chi connectivity index (χ2n) is 5.49. The molecule has 1 aromatic rings. The second kappa shape index (κ2) is 3.45. The highest BCUT2D eigenvalue weighted by molar-refractivity contribution is 6.00. The molecule has 92 valence electrons. The van der Waals surface area contributed by atoms with Gasteiger partial charge in [-0.2, -0.15) is 0 Å². The lowest BCUT2D eigenvalue weighted by atomic mass is 9.74. The summed E-state index contributed by atoms with van der Waals surface area (Å²) in [5.74, 6) is -0.465. The highest BCUT2D eigenvalue weighted by Gasteiger charge is 2.46. The molecule has 0 unspecified atom stereocenters. The Balaban J connectivity index is 2.59. The largest absolute Gasteiger partial charge is 0.375 e. The number of hydrogen-bond acceptors (Lipinski definition) is 2. The van der Waals surface area contributed by atoms with Crippen molar-refractivity contribution in [2.45, 2.75) is 33.2 Å². The molecule has 4 heteroatoms. The van der Waals surface area contributed by atoms with E-state index in [1.807, 2.05) is 27.7 Å². The maximum atomic E-state index is 13.8. The zero-order valence-corrected chi connectivity index (χ0v) is 10.5. The molecular weight excluding hydrogens is 219 g/mol. The maximum Gasteiger partial charge on any atom is 0.232 e. The van der Waals surface area contributed by atoms with Gasteiger partial charge in [0.05, 0.1) is 16.8 Å². The van der Waals surface area contributed by atoms with Gasteiger partial charge in [-0.1, -0.05) is 6.07 Å². The molecule has 1 aliphatic heterocycles. The van der Waals surface area contributed by atoms with Gasteiger partial charge in [-0.25, -0.2) is 4.39 Å². The second-order valence-corrected chi connectivity index (χ2v) is 5.49. The molecule has 0 spiro atoms. The van der Waals surface area contributed by atoms with E-state index >= 15 is 0 Å². The first kappa shape index (κ1) is 11.9. The van der Waals surface area contributed by atoms with Gasteiger partial charge in [-0.05, 0) is 39.8 Å². The molecule has 0 saturated carbocycles. The van der Waals surface area contributed by atoms with Crippen molar-refractivity contribution in [3.05, 3.63) is 24.0 Å². The number of amides is 1. The van der Waals surface area contributed by atoms with Gasteiger partial charge in [0.1, 0.15) is 5.82 Å². The molecule has 2 N–H and O–H groups in total. The van der Waals surface area contributed by atoms with E-state index in [9.17, 15) is 9.18 Å². The number of fused-ring (bicyclic) bond motifs is 1. The number of carbonyl (C=O) groups is 1. The highest BCUT2D eigenvalue weighted by atomic mass is 19.1. The molecule has 0 saturated heterocycles. The first-order valence-electron chi connectivity index (χ1n) is 5.64. The Morgan fingerprint density at radius 1 is 1.18 bits per heavy atom. The molecule has 0 atom stereocenters. The molecular formula is C13H17FN2O. The van der Waals surface area contributed by atoms with Crippen LogP contribution in [0.15, 0.2) is 18.2 Å². The highest BCUT2D eigenvalue weighted by Crippen LogP contribution is 2.41. The minimum Gasteiger partial charge on any atom is -0.375 e. The first-order valence-corrected chi connectivity index (χ1v) is 5.64. The van der Waals surface area contributed by atoms with E-state index in [0.717, 1.165) is 0 Å². The maximum absolute atomic E-state index is 13.8. The van der Waals surface area contributed by atoms with E-state index in [0.29, 0.717) is 11.4 Å². The fourth-order valence-electron chi connectivity index (χ4n) is 1.79. The van der Waals surface area contributed by atoms with Crippen LogP contribution >= 0.6 is 0 Å². The summed E-state index contributed by atoms with van der Waals surface area (Å²) in [5, 5.41) is 5.90. The number of rotatable bonds is 0. The van der Waals surface area contributed by atoms with Crippen LogP contribution in [0.4, 0.5) is 15.8 Å². The molecule has 1 heterocycles. The average molecular weight is 236 g/mol. The van der Waals surface area contributed by atoms with Gasteiger partial charge >= 0.3 is 0 Å². The standard InChI is InChI=1S/C13H17FN2O/c1-12(2)11(17)15-9-7-5-6-8(14)10(9)16-13(12,3)4/h5-7,16H,1-4H3,(H,15,17). The van der Waals surface area contributed by atoms with Gasteiger partial charge in [0.2, 0.25) is 5.91 Å². The molecule has 2 rings (SSSR count). The Morgan fingerprint density at radius 2 is 1.82 bits per heavy atom. The van der Waals surface area contributed by atoms with E-state index in [4.69, 9.17) is 0 Å². The summed E-state index contributed by atoms with van der Waals surface area (Å²) in [6.07, 6.45) is 0. The number of benzene rings is 1. The number of anilines is 2. The van der Waals surface area contributed by atoms with Crippen LogP contribution in [0.1, 0.15) is 27.7 Å². The van der Waals surface area contributed by atoms with Gasteiger partial charge in [0.25, 0.3) is 0 Å². The molecule has 0 radical (unpaired) electrons. The van der Waals surface area contributed by atoms with Crippen molar-refractivity contribution < 1.29 is 9.18 Å². The predicted molar refractivity (Wildman–Crippen MR) is 66.5 cm³/mol. The third kappa shape index (κ3) is 1.68. The smallest absolute Gasteiger partial charge is 0.232 e. The molecule has 0 aromatic heterocycles. The lowest BCUT2D eigenvalue weighted by Gasteiger charge is -2.39. The SMILES string of the molecule is CC1(C)Nc2c(F)cccc2NC(=O)C1(C)C. The quantitative estimate of drug-likeness (QED) is 0.727. The van der Waals surface area contributed by atoms with Crippen molar-refractivity contribution in [1.29, 1.82) is 0 Å². The fourth-order valence-corrected chi connectivity index (χ4v) is 1.79. The van der Waals surface area contributed by atoms with Crippen molar-refractivity contribution in [3.63, 3.8) is 0 Å². The minimum atomic E-state index is -0.640. The Kier molecular flexibility index (Phi) is 2.42. The minimum absolute atomic E-state index is 0.112. The van der Waals surface area contributed by atoms with Gasteiger partial charge < -0.3 is 10.6 Å². The Labute approximate surface area is 100 Å². The van der Waals surface area contributed by atoms with E-state index < -0.39 is 11.0 Å². The summed E-state index contributed by atoms with van der Waals surface area (Å²) in [4.78, 5) is 12.2. The van der Waals surface area contributed by atoms with Crippen LogP contribution in [-0.4, -0.2) is 11.4 Å².